The number of carbonyl (C=O) groups is 8. The molecule has 0 aliphatic carbocycles. The maximum Gasteiger partial charge on any atom is 0.332 e. The van der Waals surface area contributed by atoms with Crippen molar-refractivity contribution in [1.82, 2.24) is 25.3 Å². The van der Waals surface area contributed by atoms with Crippen molar-refractivity contribution >= 4 is 66.2 Å². The van der Waals surface area contributed by atoms with Crippen LogP contribution in [-0.2, 0) is 40.0 Å². The fourth-order valence-electron chi connectivity index (χ4n) is 4.80. The number of rotatable bonds is 21. The quantitative estimate of drug-likeness (QED) is 0.0402. The lowest BCUT2D eigenvalue weighted by atomic mass is 10.0. The van der Waals surface area contributed by atoms with Crippen LogP contribution >= 0.6 is 12.8 Å². The molecule has 0 saturated carbocycles. The van der Waals surface area contributed by atoms with Crippen molar-refractivity contribution in [3.8, 4) is 0 Å². The van der Waals surface area contributed by atoms with Crippen LogP contribution in [0.2, 0.25) is 0 Å². The molecule has 0 bridgehead atoms. The maximum atomic E-state index is 12.6. The average molecular weight is 697 g/mol. The lowest BCUT2D eigenvalue weighted by molar-refractivity contribution is -0.152. The minimum Gasteiger partial charge on any atom is -0.480 e. The number of amides is 4. The predicted octanol–water partition coefficient (Wildman–Crippen LogP) is -1.74. The molecule has 7 N–H and O–H groups in total. The molecule has 19 nitrogen and oxygen atoms in total. The number of nitrogens with zero attached hydrogens (tertiary/aromatic N) is 4. The van der Waals surface area contributed by atoms with Gasteiger partial charge in [0.1, 0.15) is 0 Å². The van der Waals surface area contributed by atoms with E-state index in [0.717, 1.165) is 26.3 Å². The van der Waals surface area contributed by atoms with E-state index in [1.54, 1.807) is 12.1 Å². The molecule has 2 unspecified atom stereocenters. The van der Waals surface area contributed by atoms with Crippen molar-refractivity contribution in [3.63, 3.8) is 0 Å². The van der Waals surface area contributed by atoms with E-state index in [-0.39, 0.29) is 38.3 Å². The van der Waals surface area contributed by atoms with E-state index in [2.05, 4.69) is 23.4 Å². The summed E-state index contributed by atoms with van der Waals surface area (Å²) in [5.41, 5.74) is 0.821. The molecular weight excluding hydrogens is 660 g/mol. The van der Waals surface area contributed by atoms with E-state index >= 15 is 0 Å². The van der Waals surface area contributed by atoms with Crippen molar-refractivity contribution in [2.75, 3.05) is 50.1 Å². The summed E-state index contributed by atoms with van der Waals surface area (Å²) in [6, 6.07) is 1.64. The summed E-state index contributed by atoms with van der Waals surface area (Å²) in [5, 5.41) is 51.7. The fraction of sp³-hybridized carbons (Fsp3) is 0.429. The molecule has 0 spiro atoms. The number of anilines is 1. The van der Waals surface area contributed by atoms with Crippen LogP contribution in [0.5, 0.6) is 0 Å². The predicted molar refractivity (Wildman–Crippen MR) is 167 cm³/mol. The molecule has 1 heterocycles. The van der Waals surface area contributed by atoms with Crippen molar-refractivity contribution < 1.29 is 63.9 Å². The Kier molecular flexibility index (Phi) is 14.9. The number of urea groups is 1. The summed E-state index contributed by atoms with van der Waals surface area (Å²) in [7, 11) is 0. The normalized spacial score (nSPS) is 14.0. The van der Waals surface area contributed by atoms with Gasteiger partial charge in [-0.1, -0.05) is 24.9 Å². The average Bonchev–Trinajstić information content (AvgIpc) is 3.30. The van der Waals surface area contributed by atoms with Crippen LogP contribution in [0.15, 0.2) is 36.4 Å². The first-order valence-corrected chi connectivity index (χ1v) is 14.6. The minimum atomic E-state index is -1.99. The van der Waals surface area contributed by atoms with Gasteiger partial charge in [0.15, 0.2) is 0 Å². The monoisotopic (exact) mass is 696 g/mol. The molecule has 2 rings (SSSR count). The second-order valence-electron chi connectivity index (χ2n) is 10.7. The second kappa shape index (κ2) is 18.3. The molecule has 0 aromatic heterocycles. The summed E-state index contributed by atoms with van der Waals surface area (Å²) in [6.07, 6.45) is 2.23. The first kappa shape index (κ1) is 39.1. The van der Waals surface area contributed by atoms with E-state index in [1.165, 1.54) is 24.0 Å². The van der Waals surface area contributed by atoms with Gasteiger partial charge >= 0.3 is 35.9 Å². The molecule has 1 aliphatic heterocycles. The number of benzene rings is 1. The number of thiol groups is 1. The third kappa shape index (κ3) is 12.6. The van der Waals surface area contributed by atoms with E-state index in [9.17, 15) is 63.9 Å². The zero-order valence-electron chi connectivity index (χ0n) is 25.6. The first-order valence-electron chi connectivity index (χ1n) is 14.2. The molecular formula is C28H36N6O13S. The van der Waals surface area contributed by atoms with Gasteiger partial charge in [-0.05, 0) is 31.0 Å². The highest BCUT2D eigenvalue weighted by Crippen LogP contribution is 2.20. The zero-order valence-corrected chi connectivity index (χ0v) is 26.5. The Balaban J connectivity index is 2.23. The molecule has 0 fully saturated rings. The highest BCUT2D eigenvalue weighted by atomic mass is 32.1. The van der Waals surface area contributed by atoms with E-state index in [1.807, 2.05) is 0 Å². The Bertz CT molecular complexity index is 1370. The third-order valence-electron chi connectivity index (χ3n) is 6.85. The SMILES string of the molecule is CC(CN(CC(=O)O)CC(Cc1ccc(N(S)C(=O)NCCN2C(=O)C=CC2=O)cc1)N(CC(=O)O)CC(=O)O)NC(C(=O)O)C(=O)O. The number of carbonyl (C=O) groups excluding carboxylic acids is 3. The summed E-state index contributed by atoms with van der Waals surface area (Å²) in [6.45, 7) is -1.17. The van der Waals surface area contributed by atoms with Gasteiger partial charge in [0.2, 0.25) is 6.04 Å². The molecule has 20 heteroatoms. The smallest absolute Gasteiger partial charge is 0.332 e. The topological polar surface area (TPSA) is 275 Å². The molecule has 1 aliphatic rings. The van der Waals surface area contributed by atoms with Crippen molar-refractivity contribution in [2.45, 2.75) is 31.5 Å². The molecule has 0 radical (unpaired) electrons. The highest BCUT2D eigenvalue weighted by Gasteiger charge is 2.31. The summed E-state index contributed by atoms with van der Waals surface area (Å²) in [5.74, 6) is -8.35. The number of hydrogen-bond acceptors (Lipinski definition) is 12. The number of carboxylic acids is 5. The Morgan fingerprint density at radius 1 is 0.812 bits per heavy atom. The number of hydrogen-bond donors (Lipinski definition) is 8. The van der Waals surface area contributed by atoms with Gasteiger partial charge in [0.25, 0.3) is 11.8 Å². The van der Waals surface area contributed by atoms with E-state index in [0.29, 0.717) is 5.56 Å². The minimum absolute atomic E-state index is 0.00363. The van der Waals surface area contributed by atoms with Crippen LogP contribution in [0.25, 0.3) is 0 Å². The van der Waals surface area contributed by atoms with Gasteiger partial charge < -0.3 is 30.8 Å². The maximum absolute atomic E-state index is 12.6. The second-order valence-corrected chi connectivity index (χ2v) is 11.1. The van der Waals surface area contributed by atoms with Gasteiger partial charge in [0.05, 0.1) is 25.3 Å². The van der Waals surface area contributed by atoms with Gasteiger partial charge in [-0.25, -0.2) is 18.7 Å². The Morgan fingerprint density at radius 3 is 1.81 bits per heavy atom. The number of aliphatic carboxylic acids is 5. The largest absolute Gasteiger partial charge is 0.480 e. The van der Waals surface area contributed by atoms with Crippen molar-refractivity contribution in [2.24, 2.45) is 0 Å². The van der Waals surface area contributed by atoms with Crippen molar-refractivity contribution in [1.29, 1.82) is 0 Å². The van der Waals surface area contributed by atoms with Gasteiger partial charge in [-0.3, -0.25) is 44.0 Å². The van der Waals surface area contributed by atoms with Crippen LogP contribution < -0.4 is 14.9 Å². The standard InChI is InChI=1S/C28H36N6O13S/c1-16(30-25(26(43)44)27(45)46)11-31(13-22(37)38)12-19(32(14-23(39)40)15-24(41)42)10-17-2-4-18(5-3-17)34(48)28(47)29-8-9-33-20(35)6-7-21(33)36/h2-7,16,19,25,30,48H,8-15H2,1H3,(H,29,47)(H,37,38)(H,39,40)(H,41,42)(H,43,44)(H,45,46). The Morgan fingerprint density at radius 2 is 1.33 bits per heavy atom. The van der Waals surface area contributed by atoms with Crippen LogP contribution in [0, 0.1) is 0 Å². The fourth-order valence-corrected chi connectivity index (χ4v) is 5.00. The molecule has 48 heavy (non-hydrogen) atoms. The molecule has 4 amide bonds. The Hall–Kier alpha value is -5.05. The highest BCUT2D eigenvalue weighted by molar-refractivity contribution is 7.82. The van der Waals surface area contributed by atoms with Gasteiger partial charge in [0, 0.05) is 50.4 Å². The summed E-state index contributed by atoms with van der Waals surface area (Å²) in [4.78, 5) is 96.8. The van der Waals surface area contributed by atoms with Gasteiger partial charge in [-0.2, -0.15) is 0 Å². The summed E-state index contributed by atoms with van der Waals surface area (Å²) >= 11 is 4.18. The number of carboxylic acid groups (broad SMARTS) is 5. The lowest BCUT2D eigenvalue weighted by Gasteiger charge is -2.35. The molecule has 0 saturated heterocycles. The number of nitrogens with one attached hydrogen (secondary N) is 2. The summed E-state index contributed by atoms with van der Waals surface area (Å²) < 4.78 is 0.957. The molecule has 1 aromatic carbocycles. The van der Waals surface area contributed by atoms with Crippen LogP contribution in [-0.4, -0.2) is 152 Å². The zero-order chi connectivity index (χ0) is 36.1. The first-order chi connectivity index (χ1) is 22.5. The van der Waals surface area contributed by atoms with Crippen molar-refractivity contribution in [3.05, 3.63) is 42.0 Å². The Labute approximate surface area is 278 Å². The lowest BCUT2D eigenvalue weighted by Crippen LogP contribution is -2.54. The van der Waals surface area contributed by atoms with E-state index < -0.39 is 85.5 Å². The molecule has 262 valence electrons. The molecule has 2 atom stereocenters. The molecule has 1 aromatic rings. The van der Waals surface area contributed by atoms with Crippen LogP contribution in [0.4, 0.5) is 10.5 Å². The third-order valence-corrected chi connectivity index (χ3v) is 7.27. The van der Waals surface area contributed by atoms with Gasteiger partial charge in [-0.15, -0.1) is 0 Å². The van der Waals surface area contributed by atoms with Crippen LogP contribution in [0.3, 0.4) is 0 Å². The number of imide groups is 1. The van der Waals surface area contributed by atoms with E-state index in [4.69, 9.17) is 0 Å². The van der Waals surface area contributed by atoms with Crippen LogP contribution in [0.1, 0.15) is 12.5 Å².